The maximum absolute atomic E-state index is 11.5. The molecule has 1 radical (unpaired) electrons. The Morgan fingerprint density at radius 1 is 1.11 bits per heavy atom. The van der Waals surface area contributed by atoms with Gasteiger partial charge in [-0.15, -0.1) is 0 Å². The number of benzene rings is 2. The van der Waals surface area contributed by atoms with Crippen molar-refractivity contribution in [3.8, 4) is 0 Å². The van der Waals surface area contributed by atoms with E-state index >= 15 is 0 Å². The lowest BCUT2D eigenvalue weighted by Gasteiger charge is -2.01. The van der Waals surface area contributed by atoms with Gasteiger partial charge in [0.25, 0.3) is 0 Å². The lowest BCUT2D eigenvalue weighted by atomic mass is 10.2. The summed E-state index contributed by atoms with van der Waals surface area (Å²) in [5.41, 5.74) is 1.83. The molecule has 18 heavy (non-hydrogen) atoms. The highest BCUT2D eigenvalue weighted by Crippen LogP contribution is 2.03. The Bertz CT molecular complexity index is 515. The molecule has 2 aromatic rings. The third-order valence-corrected chi connectivity index (χ3v) is 2.35. The fraction of sp³-hybridized carbons (Fsp3) is 0.0625. The summed E-state index contributed by atoms with van der Waals surface area (Å²) >= 11 is 0. The number of carbonyl (C=O) groups excluding carboxylic acids is 1. The number of esters is 1. The molecule has 2 nitrogen and oxygen atoms in total. The van der Waals surface area contributed by atoms with Crippen LogP contribution in [0, 0.1) is 6.07 Å². The van der Waals surface area contributed by atoms with E-state index < -0.39 is 0 Å². The van der Waals surface area contributed by atoms with Gasteiger partial charge in [0.15, 0.2) is 0 Å². The molecule has 0 aromatic heterocycles. The third-order valence-electron chi connectivity index (χ3n) is 2.35. The predicted octanol–water partition coefficient (Wildman–Crippen LogP) is 3.24. The summed E-state index contributed by atoms with van der Waals surface area (Å²) in [4.78, 5) is 11.5. The molecule has 0 amide bonds. The highest BCUT2D eigenvalue weighted by molar-refractivity contribution is 5.86. The van der Waals surface area contributed by atoms with Crippen molar-refractivity contribution in [2.45, 2.75) is 6.61 Å². The second kappa shape index (κ2) is 6.40. The van der Waals surface area contributed by atoms with E-state index in [4.69, 9.17) is 4.74 Å². The van der Waals surface area contributed by atoms with Gasteiger partial charge in [0, 0.05) is 6.08 Å². The quantitative estimate of drug-likeness (QED) is 0.602. The predicted molar refractivity (Wildman–Crippen MR) is 70.6 cm³/mol. The standard InChI is InChI=1S/C16H13O2/c17-16(12-11-14-7-3-1-4-8-14)18-13-15-9-5-2-6-10-15/h1-9,11-12H,13H2/b12-11+. The van der Waals surface area contributed by atoms with E-state index in [2.05, 4.69) is 6.07 Å². The molecule has 0 atom stereocenters. The second-order valence-electron chi connectivity index (χ2n) is 3.74. The van der Waals surface area contributed by atoms with Crippen LogP contribution in [0.2, 0.25) is 0 Å². The maximum atomic E-state index is 11.5. The van der Waals surface area contributed by atoms with Crippen LogP contribution in [0.1, 0.15) is 11.1 Å². The van der Waals surface area contributed by atoms with Crippen molar-refractivity contribution in [1.29, 1.82) is 0 Å². The zero-order valence-electron chi connectivity index (χ0n) is 9.87. The van der Waals surface area contributed by atoms with Gasteiger partial charge in [0.05, 0.1) is 0 Å². The third kappa shape index (κ3) is 3.91. The minimum absolute atomic E-state index is 0.249. The molecule has 2 heteroatoms. The largest absolute Gasteiger partial charge is 0.458 e. The van der Waals surface area contributed by atoms with Gasteiger partial charge >= 0.3 is 5.97 Å². The summed E-state index contributed by atoms with van der Waals surface area (Å²) in [5, 5.41) is 0. The van der Waals surface area contributed by atoms with E-state index in [0.29, 0.717) is 0 Å². The van der Waals surface area contributed by atoms with E-state index in [1.807, 2.05) is 48.5 Å². The second-order valence-corrected chi connectivity index (χ2v) is 3.74. The van der Waals surface area contributed by atoms with E-state index in [1.165, 1.54) is 6.08 Å². The van der Waals surface area contributed by atoms with Gasteiger partial charge in [0.2, 0.25) is 0 Å². The van der Waals surface area contributed by atoms with E-state index in [1.54, 1.807) is 12.1 Å². The van der Waals surface area contributed by atoms with Crippen LogP contribution in [0.5, 0.6) is 0 Å². The van der Waals surface area contributed by atoms with Crippen LogP contribution >= 0.6 is 0 Å². The SMILES string of the molecule is O=C(/C=C/c1ccccc1)OCc1[c]cccc1. The van der Waals surface area contributed by atoms with Gasteiger partial charge in [-0.2, -0.15) is 0 Å². The Morgan fingerprint density at radius 2 is 1.89 bits per heavy atom. The summed E-state index contributed by atoms with van der Waals surface area (Å²) in [6, 6.07) is 20.0. The molecule has 89 valence electrons. The Kier molecular flexibility index (Phi) is 4.31. The van der Waals surface area contributed by atoms with Crippen LogP contribution in [-0.2, 0) is 16.1 Å². The average molecular weight is 237 g/mol. The first-order chi connectivity index (χ1) is 8.84. The molecule has 0 bridgehead atoms. The molecule has 0 spiro atoms. The molecule has 0 N–H and O–H groups in total. The summed E-state index contributed by atoms with van der Waals surface area (Å²) < 4.78 is 5.09. The summed E-state index contributed by atoms with van der Waals surface area (Å²) in [7, 11) is 0. The molecule has 0 saturated carbocycles. The maximum Gasteiger partial charge on any atom is 0.331 e. The van der Waals surface area contributed by atoms with Gasteiger partial charge in [-0.1, -0.05) is 54.6 Å². The lowest BCUT2D eigenvalue weighted by molar-refractivity contribution is -0.138. The molecular formula is C16H13O2. The molecule has 0 heterocycles. The summed E-state index contributed by atoms with van der Waals surface area (Å²) in [6.07, 6.45) is 3.16. The number of rotatable bonds is 4. The summed E-state index contributed by atoms with van der Waals surface area (Å²) in [6.45, 7) is 0.249. The molecule has 0 fully saturated rings. The zero-order chi connectivity index (χ0) is 12.6. The van der Waals surface area contributed by atoms with E-state index in [9.17, 15) is 4.79 Å². The fourth-order valence-electron chi connectivity index (χ4n) is 1.45. The van der Waals surface area contributed by atoms with Gasteiger partial charge in [-0.25, -0.2) is 4.79 Å². The molecule has 0 unspecified atom stereocenters. The number of carbonyl (C=O) groups is 1. The van der Waals surface area contributed by atoms with E-state index in [0.717, 1.165) is 11.1 Å². The monoisotopic (exact) mass is 237 g/mol. The van der Waals surface area contributed by atoms with Crippen LogP contribution in [0.25, 0.3) is 6.08 Å². The lowest BCUT2D eigenvalue weighted by Crippen LogP contribution is -2.00. The van der Waals surface area contributed by atoms with Crippen LogP contribution in [0.3, 0.4) is 0 Å². The molecule has 0 aliphatic heterocycles. The van der Waals surface area contributed by atoms with Crippen molar-refractivity contribution in [3.63, 3.8) is 0 Å². The van der Waals surface area contributed by atoms with Crippen molar-refractivity contribution in [3.05, 3.63) is 77.9 Å². The normalized spacial score (nSPS) is 10.4. The van der Waals surface area contributed by atoms with Gasteiger partial charge in [-0.05, 0) is 23.3 Å². The highest BCUT2D eigenvalue weighted by Gasteiger charge is 1.98. The van der Waals surface area contributed by atoms with Crippen molar-refractivity contribution in [2.75, 3.05) is 0 Å². The minimum atomic E-state index is -0.351. The van der Waals surface area contributed by atoms with Gasteiger partial charge in [-0.3, -0.25) is 0 Å². The summed E-state index contributed by atoms with van der Waals surface area (Å²) in [5.74, 6) is -0.351. The number of hydrogen-bond donors (Lipinski definition) is 0. The molecule has 0 aliphatic carbocycles. The van der Waals surface area contributed by atoms with Crippen LogP contribution < -0.4 is 0 Å². The number of hydrogen-bond acceptors (Lipinski definition) is 2. The van der Waals surface area contributed by atoms with Gasteiger partial charge in [0.1, 0.15) is 6.61 Å². The number of ether oxygens (including phenoxy) is 1. The minimum Gasteiger partial charge on any atom is -0.458 e. The van der Waals surface area contributed by atoms with Crippen LogP contribution in [0.4, 0.5) is 0 Å². The topological polar surface area (TPSA) is 26.3 Å². The van der Waals surface area contributed by atoms with Gasteiger partial charge < -0.3 is 4.74 Å². The highest BCUT2D eigenvalue weighted by atomic mass is 16.5. The zero-order valence-corrected chi connectivity index (χ0v) is 9.87. The first kappa shape index (κ1) is 12.1. The van der Waals surface area contributed by atoms with Crippen molar-refractivity contribution in [1.82, 2.24) is 0 Å². The Morgan fingerprint density at radius 3 is 2.61 bits per heavy atom. The smallest absolute Gasteiger partial charge is 0.331 e. The fourth-order valence-corrected chi connectivity index (χ4v) is 1.45. The van der Waals surface area contributed by atoms with E-state index in [-0.39, 0.29) is 12.6 Å². The molecule has 2 rings (SSSR count). The molecule has 2 aromatic carbocycles. The average Bonchev–Trinajstić information content (AvgIpc) is 2.45. The van der Waals surface area contributed by atoms with Crippen molar-refractivity contribution in [2.24, 2.45) is 0 Å². The van der Waals surface area contributed by atoms with Crippen LogP contribution in [0.15, 0.2) is 60.7 Å². The van der Waals surface area contributed by atoms with Crippen molar-refractivity contribution < 1.29 is 9.53 Å². The Labute approximate surface area is 107 Å². The van der Waals surface area contributed by atoms with Crippen LogP contribution in [-0.4, -0.2) is 5.97 Å². The first-order valence-corrected chi connectivity index (χ1v) is 5.70. The Hall–Kier alpha value is -2.35. The van der Waals surface area contributed by atoms with Crippen molar-refractivity contribution >= 4 is 12.0 Å². The molecule has 0 aliphatic rings. The Balaban J connectivity index is 1.84. The molecular weight excluding hydrogens is 224 g/mol. The molecule has 0 saturated heterocycles. The first-order valence-electron chi connectivity index (χ1n) is 5.70.